The Hall–Kier alpha value is -6.53. The van der Waals surface area contributed by atoms with Gasteiger partial charge in [-0.25, -0.2) is 9.18 Å². The summed E-state index contributed by atoms with van der Waals surface area (Å²) in [5.41, 5.74) is 2.96. The summed E-state index contributed by atoms with van der Waals surface area (Å²) in [6.45, 7) is 13.0. The molecular weight excluding hydrogens is 816 g/mol. The van der Waals surface area contributed by atoms with Crippen molar-refractivity contribution in [3.63, 3.8) is 0 Å². The van der Waals surface area contributed by atoms with E-state index in [1.54, 1.807) is 29.3 Å². The van der Waals surface area contributed by atoms with Crippen LogP contribution in [0.4, 0.5) is 20.6 Å². The van der Waals surface area contributed by atoms with Crippen molar-refractivity contribution >= 4 is 57.5 Å². The third-order valence-corrected chi connectivity index (χ3v) is 13.9. The molecular formula is C49H55FN8O6. The van der Waals surface area contributed by atoms with Crippen molar-refractivity contribution in [3.05, 3.63) is 96.1 Å². The van der Waals surface area contributed by atoms with Crippen LogP contribution in [-0.2, 0) is 9.59 Å². The molecule has 0 radical (unpaired) electrons. The topological polar surface area (TPSA) is 173 Å². The van der Waals surface area contributed by atoms with Crippen LogP contribution in [0.25, 0.3) is 21.8 Å². The lowest BCUT2D eigenvalue weighted by Gasteiger charge is -2.63. The number of hydrogen-bond donors (Lipinski definition) is 3. The number of carboxylic acid groups (broad SMARTS) is 1. The number of anilines is 2. The molecule has 2 aromatic heterocycles. The molecule has 3 aromatic carbocycles. The van der Waals surface area contributed by atoms with Gasteiger partial charge in [-0.05, 0) is 92.3 Å². The predicted molar refractivity (Wildman–Crippen MR) is 242 cm³/mol. The molecule has 14 nitrogen and oxygen atoms in total. The van der Waals surface area contributed by atoms with Crippen LogP contribution >= 0.6 is 0 Å². The Kier molecular flexibility index (Phi) is 12.3. The van der Waals surface area contributed by atoms with Gasteiger partial charge in [0.15, 0.2) is 0 Å². The van der Waals surface area contributed by atoms with Gasteiger partial charge in [0.1, 0.15) is 23.7 Å². The highest BCUT2D eigenvalue weighted by Crippen LogP contribution is 2.56. The summed E-state index contributed by atoms with van der Waals surface area (Å²) in [4.78, 5) is 57.1. The summed E-state index contributed by atoms with van der Waals surface area (Å²) in [5.74, 6) is 0.243. The highest BCUT2D eigenvalue weighted by atomic mass is 19.1. The average molecular weight is 871 g/mol. The largest absolute Gasteiger partial charge is 0.488 e. The van der Waals surface area contributed by atoms with Crippen molar-refractivity contribution in [3.8, 4) is 11.8 Å². The van der Waals surface area contributed by atoms with Gasteiger partial charge in [-0.3, -0.25) is 29.6 Å². The Labute approximate surface area is 372 Å². The number of nitriles is 1. The Bertz CT molecular complexity index is 2610. The van der Waals surface area contributed by atoms with Gasteiger partial charge in [0.2, 0.25) is 5.91 Å². The van der Waals surface area contributed by atoms with Crippen LogP contribution < -0.4 is 25.2 Å². The normalized spacial score (nSPS) is 21.3. The lowest BCUT2D eigenvalue weighted by Crippen LogP contribution is -2.74. The molecule has 4 amide bonds. The number of ether oxygens (including phenoxy) is 1. The van der Waals surface area contributed by atoms with Crippen LogP contribution in [0.5, 0.6) is 5.75 Å². The number of benzene rings is 3. The van der Waals surface area contributed by atoms with E-state index in [9.17, 15) is 19.6 Å². The van der Waals surface area contributed by atoms with Gasteiger partial charge in [-0.15, -0.1) is 0 Å². The van der Waals surface area contributed by atoms with E-state index < -0.39 is 10.8 Å². The zero-order valence-electron chi connectivity index (χ0n) is 36.7. The van der Waals surface area contributed by atoms with E-state index in [0.29, 0.717) is 53.0 Å². The van der Waals surface area contributed by atoms with E-state index >= 15 is 4.39 Å². The first kappa shape index (κ1) is 44.1. The van der Waals surface area contributed by atoms with Gasteiger partial charge in [-0.2, -0.15) is 5.26 Å². The first-order chi connectivity index (χ1) is 30.7. The summed E-state index contributed by atoms with van der Waals surface area (Å²) < 4.78 is 24.8. The molecule has 5 heterocycles. The number of nitrogens with zero attached hydrogens (tertiary/aromatic N) is 6. The summed E-state index contributed by atoms with van der Waals surface area (Å²) in [7, 11) is 0. The molecule has 0 bridgehead atoms. The van der Waals surface area contributed by atoms with Crippen LogP contribution in [-0.4, -0.2) is 95.3 Å². The Balaban J connectivity index is 0.00000182. The molecule has 0 spiro atoms. The zero-order chi connectivity index (χ0) is 45.3. The minimum absolute atomic E-state index is 0.235. The molecule has 3 aliphatic heterocycles. The molecule has 3 N–H and O–H groups in total. The number of carbonyl (C=O) groups excluding carboxylic acids is 3. The fourth-order valence-electron chi connectivity index (χ4n) is 11.0. The number of halogens is 1. The van der Waals surface area contributed by atoms with Gasteiger partial charge in [0.05, 0.1) is 28.0 Å². The lowest BCUT2D eigenvalue weighted by atomic mass is 9.49. The number of urea groups is 1. The zero-order valence-corrected chi connectivity index (χ0v) is 36.7. The summed E-state index contributed by atoms with van der Waals surface area (Å²) >= 11 is 0. The van der Waals surface area contributed by atoms with Crippen molar-refractivity contribution in [2.24, 2.45) is 16.7 Å². The number of carbonyl (C=O) groups is 4. The van der Waals surface area contributed by atoms with E-state index in [4.69, 9.17) is 14.6 Å². The minimum Gasteiger partial charge on any atom is -0.488 e. The third-order valence-electron chi connectivity index (χ3n) is 13.9. The molecule has 1 aliphatic carbocycles. The van der Waals surface area contributed by atoms with E-state index in [1.807, 2.05) is 30.3 Å². The Morgan fingerprint density at radius 1 is 0.953 bits per heavy atom. The number of imide groups is 1. The van der Waals surface area contributed by atoms with Crippen LogP contribution in [0.1, 0.15) is 81.8 Å². The predicted octanol–water partition coefficient (Wildman–Crippen LogP) is 7.51. The molecule has 64 heavy (non-hydrogen) atoms. The smallest absolute Gasteiger partial charge is 0.328 e. The number of pyridine rings is 1. The molecule has 4 aliphatic rings. The average Bonchev–Trinajstić information content (AvgIpc) is 3.73. The van der Waals surface area contributed by atoms with E-state index in [0.717, 1.165) is 80.4 Å². The summed E-state index contributed by atoms with van der Waals surface area (Å²) in [6.07, 6.45) is 7.88. The maximum atomic E-state index is 15.8. The quantitative estimate of drug-likeness (QED) is 0.126. The number of piperidine rings is 2. The second-order valence-electron chi connectivity index (χ2n) is 18.6. The molecule has 0 atom stereocenters. The lowest BCUT2D eigenvalue weighted by molar-refractivity contribution is -0.163. The standard InChI is InChI=1S/C48H53FN8O4.CH2O2/c1-47(2)44(48(3,4)45(47)61-40-13-11-32(28-50)42-35(40)7-6-20-51-42)53-43(59)31-10-12-39(36(49)27-31)55-23-14-30(15-24-55)29-54-21-16-33(17-22-54)56-25-18-34-37(56)8-5-9-38(34)57-26-19-41(58)52-46(57)60;2-1-3/h5-13,18,20,25,27,30,33,44-45H,14-17,19,21-24,26,29H2,1-4H3,(H,53,59)(H,52,58,60);1H,(H,2,3). The van der Waals surface area contributed by atoms with Gasteiger partial charge < -0.3 is 29.5 Å². The number of amides is 4. The molecule has 9 rings (SSSR count). The molecule has 4 fully saturated rings. The molecule has 3 saturated heterocycles. The van der Waals surface area contributed by atoms with Gasteiger partial charge in [0, 0.05) is 97.3 Å². The van der Waals surface area contributed by atoms with Crippen LogP contribution in [0.3, 0.4) is 0 Å². The van der Waals surface area contributed by atoms with E-state index in [1.165, 1.54) is 6.07 Å². The van der Waals surface area contributed by atoms with Crippen molar-refractivity contribution in [2.75, 3.05) is 49.1 Å². The molecule has 334 valence electrons. The van der Waals surface area contributed by atoms with Gasteiger partial charge in [0.25, 0.3) is 12.4 Å². The third kappa shape index (κ3) is 8.34. The van der Waals surface area contributed by atoms with Crippen molar-refractivity contribution in [1.82, 2.24) is 25.1 Å². The summed E-state index contributed by atoms with van der Waals surface area (Å²) in [5, 5.41) is 23.9. The number of nitrogens with one attached hydrogen (secondary N) is 2. The Morgan fingerprint density at radius 2 is 1.69 bits per heavy atom. The van der Waals surface area contributed by atoms with Crippen LogP contribution in [0, 0.1) is 33.9 Å². The van der Waals surface area contributed by atoms with Crippen molar-refractivity contribution < 1.29 is 33.4 Å². The highest BCUT2D eigenvalue weighted by Gasteiger charge is 2.64. The number of aromatic nitrogens is 2. The van der Waals surface area contributed by atoms with Crippen molar-refractivity contribution in [2.45, 2.75) is 78.0 Å². The highest BCUT2D eigenvalue weighted by molar-refractivity contribution is 6.09. The fraction of sp³-hybridized carbons (Fsp3) is 0.429. The number of rotatable bonds is 9. The molecule has 15 heteroatoms. The first-order valence-corrected chi connectivity index (χ1v) is 22.1. The molecule has 5 aromatic rings. The van der Waals surface area contributed by atoms with Crippen LogP contribution in [0.15, 0.2) is 79.1 Å². The number of hydrogen-bond acceptors (Lipinski definition) is 9. The molecule has 0 unspecified atom stereocenters. The van der Waals surface area contributed by atoms with E-state index in [2.05, 4.69) is 82.1 Å². The second kappa shape index (κ2) is 17.9. The second-order valence-corrected chi connectivity index (χ2v) is 18.6. The fourth-order valence-corrected chi connectivity index (χ4v) is 11.0. The summed E-state index contributed by atoms with van der Waals surface area (Å²) in [6, 6.07) is 22.2. The monoisotopic (exact) mass is 870 g/mol. The molecule has 1 saturated carbocycles. The number of fused-ring (bicyclic) bond motifs is 2. The first-order valence-electron chi connectivity index (χ1n) is 22.1. The Morgan fingerprint density at radius 3 is 2.38 bits per heavy atom. The van der Waals surface area contributed by atoms with Gasteiger partial charge in [-0.1, -0.05) is 33.8 Å². The minimum atomic E-state index is -0.443. The SMILES string of the molecule is CC1(C)C(NC(=O)c2ccc(N3CCC(CN4CCC(n5ccc6c(N7CCC(=O)NC7=O)cccc65)CC4)CC3)c(F)c2)C(C)(C)C1Oc1ccc(C#N)c2ncccc12.O=CO. The maximum absolute atomic E-state index is 15.8. The van der Waals surface area contributed by atoms with Gasteiger partial charge >= 0.3 is 6.03 Å². The van der Waals surface area contributed by atoms with Crippen molar-refractivity contribution in [1.29, 1.82) is 5.26 Å². The van der Waals surface area contributed by atoms with E-state index in [-0.39, 0.29) is 42.3 Å². The maximum Gasteiger partial charge on any atom is 0.328 e. The number of likely N-dealkylation sites (tertiary alicyclic amines) is 1. The van der Waals surface area contributed by atoms with Crippen LogP contribution in [0.2, 0.25) is 0 Å².